The largest absolute Gasteiger partial charge is 0.496 e. The summed E-state index contributed by atoms with van der Waals surface area (Å²) in [5, 5.41) is 0. The molecule has 0 amide bonds. The molecule has 2 rings (SSSR count). The molecule has 0 fully saturated rings. The van der Waals surface area contributed by atoms with Crippen molar-refractivity contribution in [3.8, 4) is 11.5 Å². The number of ether oxygens (including phenoxy) is 2. The number of benzene rings is 1. The van der Waals surface area contributed by atoms with Gasteiger partial charge in [-0.15, -0.1) is 0 Å². The quantitative estimate of drug-likeness (QED) is 0.524. The van der Waals surface area contributed by atoms with E-state index in [1.807, 2.05) is 12.1 Å². The molecular weight excluding hydrogens is 364 g/mol. The van der Waals surface area contributed by atoms with Gasteiger partial charge in [0.05, 0.1) is 14.2 Å². The van der Waals surface area contributed by atoms with Crippen LogP contribution in [0.25, 0.3) is 0 Å². The van der Waals surface area contributed by atoms with Gasteiger partial charge in [-0.05, 0) is 44.6 Å². The molecule has 1 unspecified atom stereocenters. The summed E-state index contributed by atoms with van der Waals surface area (Å²) in [7, 11) is 3.42. The smallest absolute Gasteiger partial charge is 0.175 e. The molecule has 0 saturated carbocycles. The molecular formula is C17H23BrO3S. The number of methoxy groups -OCH3 is 2. The van der Waals surface area contributed by atoms with E-state index < -0.39 is 0 Å². The summed E-state index contributed by atoms with van der Waals surface area (Å²) < 4.78 is 12.0. The summed E-state index contributed by atoms with van der Waals surface area (Å²) in [6.45, 7) is 2.20. The van der Waals surface area contributed by atoms with Gasteiger partial charge >= 0.3 is 0 Å². The van der Waals surface area contributed by atoms with Gasteiger partial charge in [-0.2, -0.15) is 0 Å². The maximum Gasteiger partial charge on any atom is 0.175 e. The highest BCUT2D eigenvalue weighted by Gasteiger charge is 2.22. The first-order chi connectivity index (χ1) is 10.6. The van der Waals surface area contributed by atoms with Crippen LogP contribution in [0.4, 0.5) is 0 Å². The lowest BCUT2D eigenvalue weighted by Gasteiger charge is -2.24. The van der Waals surface area contributed by atoms with Gasteiger partial charge in [0.1, 0.15) is 11.5 Å². The first-order valence-corrected chi connectivity index (χ1v) is 9.20. The highest BCUT2D eigenvalue weighted by atomic mass is 79.9. The van der Waals surface area contributed by atoms with Crippen LogP contribution < -0.4 is 9.47 Å². The van der Waals surface area contributed by atoms with Crippen LogP contribution in [0.5, 0.6) is 11.5 Å². The first-order valence-electron chi connectivity index (χ1n) is 7.12. The van der Waals surface area contributed by atoms with Gasteiger partial charge in [0.25, 0.3) is 0 Å². The van der Waals surface area contributed by atoms with Crippen LogP contribution in [-0.4, -0.2) is 26.1 Å². The molecule has 122 valence electrons. The van der Waals surface area contributed by atoms with Crippen LogP contribution in [0.15, 0.2) is 28.3 Å². The minimum Gasteiger partial charge on any atom is -0.496 e. The Bertz CT molecular complexity index is 504. The number of halogens is 1. The highest BCUT2D eigenvalue weighted by Crippen LogP contribution is 2.43. The van der Waals surface area contributed by atoms with Crippen LogP contribution in [0, 0.1) is 0 Å². The van der Waals surface area contributed by atoms with Crippen molar-refractivity contribution in [2.24, 2.45) is 0 Å². The summed E-state index contributed by atoms with van der Waals surface area (Å²) in [6.07, 6.45) is 7.67. The molecule has 1 aliphatic carbocycles. The monoisotopic (exact) mass is 386 g/mol. The fraction of sp³-hybridized carbons (Fsp3) is 0.471. The standard InChI is InChI=1S/C15H19BrO2.C2H4OS/c1-10-5-4-6-11(7-10)15-13(17-2)8-12(16)9-14(15)18-3;1-4-2-3/h7-9,11H,4-6H2,1-3H3;2H,1H3. The zero-order valence-electron chi connectivity index (χ0n) is 13.5. The number of thioether (sulfide) groups is 1. The molecule has 0 bridgehead atoms. The predicted molar refractivity (Wildman–Crippen MR) is 97.9 cm³/mol. The number of hydrogen-bond donors (Lipinski definition) is 0. The van der Waals surface area contributed by atoms with Crippen molar-refractivity contribution in [2.75, 3.05) is 20.5 Å². The van der Waals surface area contributed by atoms with E-state index in [2.05, 4.69) is 28.9 Å². The summed E-state index contributed by atoms with van der Waals surface area (Å²) in [5.74, 6) is 2.20. The maximum absolute atomic E-state index is 9.14. The van der Waals surface area contributed by atoms with E-state index in [0.717, 1.165) is 28.0 Å². The fourth-order valence-corrected chi connectivity index (χ4v) is 3.03. The average Bonchev–Trinajstić information content (AvgIpc) is 2.54. The molecule has 0 aliphatic heterocycles. The third-order valence-electron chi connectivity index (χ3n) is 3.55. The first kappa shape index (κ1) is 19.1. The molecule has 1 aromatic carbocycles. The van der Waals surface area contributed by atoms with Gasteiger partial charge in [-0.3, -0.25) is 4.79 Å². The van der Waals surface area contributed by atoms with E-state index in [-0.39, 0.29) is 0 Å². The third-order valence-corrected chi connectivity index (χ3v) is 4.20. The van der Waals surface area contributed by atoms with Gasteiger partial charge in [0, 0.05) is 16.0 Å². The molecule has 0 N–H and O–H groups in total. The SMILES string of the molecule is COc1cc(Br)cc(OC)c1C1C=C(C)CCC1.CSC=O. The number of hydrogen-bond acceptors (Lipinski definition) is 4. The number of carbonyl (C=O) groups is 1. The summed E-state index contributed by atoms with van der Waals surface area (Å²) in [4.78, 5) is 9.14. The number of allylic oxidation sites excluding steroid dienone is 2. The summed E-state index contributed by atoms with van der Waals surface area (Å²) in [6, 6.07) is 4.02. The molecule has 1 aromatic rings. The van der Waals surface area contributed by atoms with Crippen molar-refractivity contribution in [1.29, 1.82) is 0 Å². The second-order valence-electron chi connectivity index (χ2n) is 5.07. The molecule has 22 heavy (non-hydrogen) atoms. The van der Waals surface area contributed by atoms with Crippen LogP contribution in [0.1, 0.15) is 37.7 Å². The van der Waals surface area contributed by atoms with Gasteiger partial charge in [-0.1, -0.05) is 39.3 Å². The van der Waals surface area contributed by atoms with E-state index >= 15 is 0 Å². The van der Waals surface area contributed by atoms with E-state index in [4.69, 9.17) is 14.3 Å². The average molecular weight is 387 g/mol. The van der Waals surface area contributed by atoms with Crippen LogP contribution >= 0.6 is 27.7 Å². The van der Waals surface area contributed by atoms with E-state index in [9.17, 15) is 0 Å². The van der Waals surface area contributed by atoms with Crippen molar-refractivity contribution in [3.63, 3.8) is 0 Å². The highest BCUT2D eigenvalue weighted by molar-refractivity contribution is 9.10. The molecule has 0 radical (unpaired) electrons. The zero-order valence-corrected chi connectivity index (χ0v) is 15.9. The Labute approximate surface area is 145 Å². The molecule has 0 saturated heterocycles. The minimum absolute atomic E-state index is 0.400. The Morgan fingerprint density at radius 1 is 1.27 bits per heavy atom. The van der Waals surface area contributed by atoms with E-state index in [1.54, 1.807) is 20.5 Å². The van der Waals surface area contributed by atoms with Crippen LogP contribution in [0.3, 0.4) is 0 Å². The second kappa shape index (κ2) is 9.95. The molecule has 3 nitrogen and oxygen atoms in total. The Morgan fingerprint density at radius 2 is 1.82 bits per heavy atom. The molecule has 0 heterocycles. The second-order valence-corrected chi connectivity index (χ2v) is 6.65. The van der Waals surface area contributed by atoms with Crippen molar-refractivity contribution in [1.82, 2.24) is 0 Å². The van der Waals surface area contributed by atoms with Crippen molar-refractivity contribution in [2.45, 2.75) is 32.1 Å². The van der Waals surface area contributed by atoms with E-state index in [0.29, 0.717) is 5.92 Å². The van der Waals surface area contributed by atoms with Crippen LogP contribution in [-0.2, 0) is 4.79 Å². The van der Waals surface area contributed by atoms with Crippen LogP contribution in [0.2, 0.25) is 0 Å². The normalized spacial score (nSPS) is 17.0. The number of rotatable bonds is 4. The van der Waals surface area contributed by atoms with Crippen molar-refractivity contribution < 1.29 is 14.3 Å². The Kier molecular flexibility index (Phi) is 8.64. The Morgan fingerprint density at radius 3 is 2.23 bits per heavy atom. The topological polar surface area (TPSA) is 35.5 Å². The Hall–Kier alpha value is -0.940. The third kappa shape index (κ3) is 5.36. The zero-order chi connectivity index (χ0) is 16.5. The van der Waals surface area contributed by atoms with Gasteiger partial charge < -0.3 is 9.47 Å². The Balaban J connectivity index is 0.000000541. The van der Waals surface area contributed by atoms with Gasteiger partial charge in [-0.25, -0.2) is 0 Å². The summed E-state index contributed by atoms with van der Waals surface area (Å²) >= 11 is 4.67. The minimum atomic E-state index is 0.400. The lowest BCUT2D eigenvalue weighted by atomic mass is 9.85. The number of carbonyl (C=O) groups excluding carboxylic acids is 1. The van der Waals surface area contributed by atoms with Crippen molar-refractivity contribution >= 4 is 33.3 Å². The lowest BCUT2D eigenvalue weighted by Crippen LogP contribution is -2.06. The molecule has 5 heteroatoms. The van der Waals surface area contributed by atoms with Gasteiger partial charge in [0.2, 0.25) is 0 Å². The molecule has 0 aromatic heterocycles. The van der Waals surface area contributed by atoms with Crippen molar-refractivity contribution in [3.05, 3.63) is 33.8 Å². The van der Waals surface area contributed by atoms with Gasteiger partial charge in [0.15, 0.2) is 5.62 Å². The molecule has 1 aliphatic rings. The van der Waals surface area contributed by atoms with E-state index in [1.165, 1.54) is 35.7 Å². The summed E-state index contributed by atoms with van der Waals surface area (Å²) in [5.41, 5.74) is 3.42. The molecule has 0 spiro atoms. The fourth-order valence-electron chi connectivity index (χ4n) is 2.61. The lowest BCUT2D eigenvalue weighted by molar-refractivity contribution is 0.379. The predicted octanol–water partition coefficient (Wildman–Crippen LogP) is 5.22. The molecule has 1 atom stereocenters. The maximum atomic E-state index is 9.14.